The zero-order valence-corrected chi connectivity index (χ0v) is 7.71. The normalized spacial score (nSPS) is 22.3. The van der Waals surface area contributed by atoms with Crippen LogP contribution in [0, 0.1) is 0 Å². The Hall–Kier alpha value is -0.300. The van der Waals surface area contributed by atoms with Gasteiger partial charge in [0.2, 0.25) is 0 Å². The first kappa shape index (κ1) is 8.79. The van der Waals surface area contributed by atoms with Gasteiger partial charge in [0.1, 0.15) is 0 Å². The highest BCUT2D eigenvalue weighted by Gasteiger charge is 2.16. The molecule has 0 N–H and O–H groups in total. The van der Waals surface area contributed by atoms with E-state index in [1.54, 1.807) is 0 Å². The predicted molar refractivity (Wildman–Crippen MR) is 49.7 cm³/mol. The summed E-state index contributed by atoms with van der Waals surface area (Å²) in [6, 6.07) is 0.770. The van der Waals surface area contributed by atoms with E-state index < -0.39 is 0 Å². The largest absolute Gasteiger partial charge is 0.297 e. The summed E-state index contributed by atoms with van der Waals surface area (Å²) in [5, 5.41) is 0. The topological polar surface area (TPSA) is 3.24 Å². The summed E-state index contributed by atoms with van der Waals surface area (Å²) in [4.78, 5) is 2.56. The Labute approximate surface area is 70.1 Å². The van der Waals surface area contributed by atoms with Crippen molar-refractivity contribution in [2.45, 2.75) is 39.2 Å². The quantitative estimate of drug-likeness (QED) is 0.548. The van der Waals surface area contributed by atoms with Gasteiger partial charge in [-0.3, -0.25) is 4.90 Å². The molecule has 1 aliphatic rings. The van der Waals surface area contributed by atoms with Gasteiger partial charge in [0.25, 0.3) is 0 Å². The van der Waals surface area contributed by atoms with Gasteiger partial charge >= 0.3 is 0 Å². The molecular formula is C10H19N. The van der Waals surface area contributed by atoms with Crippen molar-refractivity contribution in [3.63, 3.8) is 0 Å². The molecule has 0 fully saturated rings. The van der Waals surface area contributed by atoms with E-state index in [2.05, 4.69) is 30.9 Å². The van der Waals surface area contributed by atoms with Crippen molar-refractivity contribution in [3.8, 4) is 0 Å². The van der Waals surface area contributed by atoms with Gasteiger partial charge in [0.05, 0.1) is 0 Å². The fourth-order valence-electron chi connectivity index (χ4n) is 1.45. The van der Waals surface area contributed by atoms with Gasteiger partial charge in [-0.25, -0.2) is 0 Å². The minimum absolute atomic E-state index is 0.770. The van der Waals surface area contributed by atoms with E-state index in [0.717, 1.165) is 6.04 Å². The van der Waals surface area contributed by atoms with Crippen LogP contribution in [0.1, 0.15) is 33.1 Å². The third-order valence-corrected chi connectivity index (χ3v) is 2.41. The second kappa shape index (κ2) is 4.55. The van der Waals surface area contributed by atoms with E-state index in [0.29, 0.717) is 0 Å². The molecule has 0 aromatic heterocycles. The molecule has 0 radical (unpaired) electrons. The molecule has 1 nitrogen and oxygen atoms in total. The fourth-order valence-corrected chi connectivity index (χ4v) is 1.45. The number of rotatable bonds is 5. The van der Waals surface area contributed by atoms with Gasteiger partial charge in [-0.2, -0.15) is 0 Å². The SMILES string of the molecule is CCCCN(CC)C1C=CC1. The molecule has 1 aliphatic carbocycles. The van der Waals surface area contributed by atoms with E-state index in [-0.39, 0.29) is 0 Å². The zero-order valence-electron chi connectivity index (χ0n) is 7.71. The van der Waals surface area contributed by atoms with E-state index in [1.807, 2.05) is 0 Å². The summed E-state index contributed by atoms with van der Waals surface area (Å²) < 4.78 is 0. The fraction of sp³-hybridized carbons (Fsp3) is 0.800. The molecule has 0 spiro atoms. The van der Waals surface area contributed by atoms with Gasteiger partial charge in [-0.15, -0.1) is 0 Å². The number of nitrogens with zero attached hydrogens (tertiary/aromatic N) is 1. The van der Waals surface area contributed by atoms with Gasteiger partial charge in [0, 0.05) is 6.04 Å². The first-order chi connectivity index (χ1) is 5.38. The van der Waals surface area contributed by atoms with Crippen LogP contribution in [0.4, 0.5) is 0 Å². The van der Waals surface area contributed by atoms with Crippen molar-refractivity contribution in [2.75, 3.05) is 13.1 Å². The average molecular weight is 153 g/mol. The average Bonchev–Trinajstić information content (AvgIpc) is 1.93. The molecule has 0 aromatic rings. The van der Waals surface area contributed by atoms with Crippen molar-refractivity contribution in [1.29, 1.82) is 0 Å². The summed E-state index contributed by atoms with van der Waals surface area (Å²) in [6.07, 6.45) is 8.51. The van der Waals surface area contributed by atoms with Crippen LogP contribution in [0.3, 0.4) is 0 Å². The van der Waals surface area contributed by atoms with Crippen molar-refractivity contribution >= 4 is 0 Å². The molecule has 0 saturated heterocycles. The second-order valence-electron chi connectivity index (χ2n) is 3.21. The van der Waals surface area contributed by atoms with Gasteiger partial charge < -0.3 is 0 Å². The Morgan fingerprint density at radius 1 is 1.45 bits per heavy atom. The van der Waals surface area contributed by atoms with Crippen molar-refractivity contribution < 1.29 is 0 Å². The molecule has 0 aromatic carbocycles. The lowest BCUT2D eigenvalue weighted by Gasteiger charge is -2.31. The van der Waals surface area contributed by atoms with Crippen LogP contribution in [-0.2, 0) is 0 Å². The number of unbranched alkanes of at least 4 members (excludes halogenated alkanes) is 1. The summed E-state index contributed by atoms with van der Waals surface area (Å²) in [5.41, 5.74) is 0. The minimum Gasteiger partial charge on any atom is -0.297 e. The van der Waals surface area contributed by atoms with Crippen LogP contribution < -0.4 is 0 Å². The molecule has 0 amide bonds. The lowest BCUT2D eigenvalue weighted by Crippen LogP contribution is -2.37. The lowest BCUT2D eigenvalue weighted by atomic mass is 10.0. The summed E-state index contributed by atoms with van der Waals surface area (Å²) in [6.45, 7) is 6.99. The molecule has 64 valence electrons. The van der Waals surface area contributed by atoms with E-state index in [1.165, 1.54) is 32.4 Å². The van der Waals surface area contributed by atoms with Gasteiger partial charge in [-0.05, 0) is 25.9 Å². The number of likely N-dealkylation sites (N-methyl/N-ethyl adjacent to an activating group) is 1. The van der Waals surface area contributed by atoms with Gasteiger partial charge in [0.15, 0.2) is 0 Å². The summed E-state index contributed by atoms with van der Waals surface area (Å²) in [5.74, 6) is 0. The first-order valence-electron chi connectivity index (χ1n) is 4.79. The maximum atomic E-state index is 2.56. The standard InChI is InChI=1S/C10H19N/c1-3-5-9-11(4-2)10-7-6-8-10/h6-7,10H,3-5,8-9H2,1-2H3. The van der Waals surface area contributed by atoms with Crippen molar-refractivity contribution in [2.24, 2.45) is 0 Å². The molecule has 0 aliphatic heterocycles. The van der Waals surface area contributed by atoms with Crippen LogP contribution >= 0.6 is 0 Å². The lowest BCUT2D eigenvalue weighted by molar-refractivity contribution is 0.226. The second-order valence-corrected chi connectivity index (χ2v) is 3.21. The third-order valence-electron chi connectivity index (χ3n) is 2.41. The van der Waals surface area contributed by atoms with Crippen LogP contribution in [0.15, 0.2) is 12.2 Å². The highest BCUT2D eigenvalue weighted by molar-refractivity contribution is 5.07. The summed E-state index contributed by atoms with van der Waals surface area (Å²) >= 11 is 0. The highest BCUT2D eigenvalue weighted by Crippen LogP contribution is 2.15. The van der Waals surface area contributed by atoms with Crippen LogP contribution in [0.25, 0.3) is 0 Å². The Kier molecular flexibility index (Phi) is 3.64. The molecule has 0 bridgehead atoms. The predicted octanol–water partition coefficient (Wildman–Crippen LogP) is 2.44. The van der Waals surface area contributed by atoms with Crippen molar-refractivity contribution in [3.05, 3.63) is 12.2 Å². The Morgan fingerprint density at radius 3 is 2.55 bits per heavy atom. The summed E-state index contributed by atoms with van der Waals surface area (Å²) in [7, 11) is 0. The van der Waals surface area contributed by atoms with E-state index in [9.17, 15) is 0 Å². The monoisotopic (exact) mass is 153 g/mol. The molecule has 1 unspecified atom stereocenters. The Bertz CT molecular complexity index is 129. The molecule has 0 saturated carbocycles. The maximum absolute atomic E-state index is 2.56. The zero-order chi connectivity index (χ0) is 8.10. The minimum atomic E-state index is 0.770. The first-order valence-corrected chi connectivity index (χ1v) is 4.79. The third kappa shape index (κ3) is 2.33. The highest BCUT2D eigenvalue weighted by atomic mass is 15.1. The molecular weight excluding hydrogens is 134 g/mol. The smallest absolute Gasteiger partial charge is 0.0312 e. The van der Waals surface area contributed by atoms with E-state index >= 15 is 0 Å². The molecule has 1 heteroatoms. The Balaban J connectivity index is 2.19. The molecule has 1 rings (SSSR count). The number of hydrogen-bond donors (Lipinski definition) is 0. The van der Waals surface area contributed by atoms with Gasteiger partial charge in [-0.1, -0.05) is 32.4 Å². The number of hydrogen-bond acceptors (Lipinski definition) is 1. The molecule has 1 atom stereocenters. The molecule has 11 heavy (non-hydrogen) atoms. The van der Waals surface area contributed by atoms with E-state index in [4.69, 9.17) is 0 Å². The molecule has 0 heterocycles. The maximum Gasteiger partial charge on any atom is 0.0312 e. The van der Waals surface area contributed by atoms with Crippen LogP contribution in [0.5, 0.6) is 0 Å². The Morgan fingerprint density at radius 2 is 2.18 bits per heavy atom. The van der Waals surface area contributed by atoms with Crippen molar-refractivity contribution in [1.82, 2.24) is 4.90 Å². The van der Waals surface area contributed by atoms with Crippen LogP contribution in [-0.4, -0.2) is 24.0 Å². The van der Waals surface area contributed by atoms with Crippen LogP contribution in [0.2, 0.25) is 0 Å².